The SMILES string of the molecule is Cc1ccccc1S(=O)(=O)N1CCC2(CC1)N(C1CCCC1)C(=O)CS2=O. The molecule has 1 unspecified atom stereocenters. The molecule has 2 aliphatic heterocycles. The second-order valence-corrected chi connectivity index (χ2v) is 11.5. The molecule has 1 aromatic carbocycles. The molecule has 148 valence electrons. The molecule has 8 heteroatoms. The lowest BCUT2D eigenvalue weighted by Crippen LogP contribution is -2.58. The van der Waals surface area contributed by atoms with E-state index in [0.717, 1.165) is 31.2 Å². The number of hydrogen-bond acceptors (Lipinski definition) is 4. The highest BCUT2D eigenvalue weighted by atomic mass is 32.2. The third-order valence-corrected chi connectivity index (χ3v) is 10.3. The zero-order valence-corrected chi connectivity index (χ0v) is 17.2. The highest BCUT2D eigenvalue weighted by Crippen LogP contribution is 2.43. The Morgan fingerprint density at radius 2 is 1.74 bits per heavy atom. The number of nitrogens with zero attached hydrogens (tertiary/aromatic N) is 2. The van der Waals surface area contributed by atoms with Crippen molar-refractivity contribution in [2.24, 2.45) is 0 Å². The molecule has 0 N–H and O–H groups in total. The number of carbonyl (C=O) groups excluding carboxylic acids is 1. The van der Waals surface area contributed by atoms with Gasteiger partial charge < -0.3 is 4.90 Å². The monoisotopic (exact) mass is 410 g/mol. The molecule has 1 spiro atoms. The Hall–Kier alpha value is -1.25. The van der Waals surface area contributed by atoms with E-state index in [-0.39, 0.29) is 17.7 Å². The van der Waals surface area contributed by atoms with E-state index in [1.54, 1.807) is 25.1 Å². The standard InChI is InChI=1S/C19H26N2O4S2/c1-15-6-2-5-9-17(15)27(24,25)20-12-10-19(11-13-20)21(16-7-3-4-8-16)18(22)14-26(19)23/h2,5-6,9,16H,3-4,7-8,10-14H2,1H3. The van der Waals surface area contributed by atoms with Gasteiger partial charge in [-0.1, -0.05) is 31.0 Å². The highest BCUT2D eigenvalue weighted by Gasteiger charge is 2.56. The molecule has 2 saturated heterocycles. The van der Waals surface area contributed by atoms with Crippen LogP contribution in [0.2, 0.25) is 0 Å². The van der Waals surface area contributed by atoms with Crippen LogP contribution in [0.5, 0.6) is 0 Å². The maximum atomic E-state index is 13.1. The van der Waals surface area contributed by atoms with E-state index < -0.39 is 25.7 Å². The summed E-state index contributed by atoms with van der Waals surface area (Å²) in [6, 6.07) is 7.16. The molecule has 2 heterocycles. The average Bonchev–Trinajstić information content (AvgIpc) is 3.23. The topological polar surface area (TPSA) is 74.8 Å². The van der Waals surface area contributed by atoms with Gasteiger partial charge in [-0.05, 0) is 44.2 Å². The lowest BCUT2D eigenvalue weighted by Gasteiger charge is -2.45. The minimum atomic E-state index is -3.58. The third kappa shape index (κ3) is 3.06. The second-order valence-electron chi connectivity index (χ2n) is 7.81. The highest BCUT2D eigenvalue weighted by molar-refractivity contribution is 7.89. The molecule has 0 radical (unpaired) electrons. The van der Waals surface area contributed by atoms with Crippen LogP contribution < -0.4 is 0 Å². The fourth-order valence-corrected chi connectivity index (χ4v) is 8.29. The first-order valence-corrected chi connectivity index (χ1v) is 12.4. The van der Waals surface area contributed by atoms with Gasteiger partial charge in [0.1, 0.15) is 10.6 Å². The Bertz CT molecular complexity index is 869. The minimum Gasteiger partial charge on any atom is -0.322 e. The third-order valence-electron chi connectivity index (χ3n) is 6.29. The van der Waals surface area contributed by atoms with Crippen LogP contribution in [0.1, 0.15) is 44.1 Å². The maximum Gasteiger partial charge on any atom is 0.243 e. The van der Waals surface area contributed by atoms with Gasteiger partial charge in [0, 0.05) is 19.1 Å². The van der Waals surface area contributed by atoms with Crippen LogP contribution in [0.15, 0.2) is 29.2 Å². The number of aryl methyl sites for hydroxylation is 1. The van der Waals surface area contributed by atoms with Crippen molar-refractivity contribution in [3.63, 3.8) is 0 Å². The van der Waals surface area contributed by atoms with Gasteiger partial charge in [0.25, 0.3) is 0 Å². The largest absolute Gasteiger partial charge is 0.322 e. The molecule has 1 aromatic rings. The van der Waals surface area contributed by atoms with Crippen LogP contribution in [0.3, 0.4) is 0 Å². The zero-order valence-electron chi connectivity index (χ0n) is 15.6. The summed E-state index contributed by atoms with van der Waals surface area (Å²) in [6.07, 6.45) is 5.04. The maximum absolute atomic E-state index is 13.1. The van der Waals surface area contributed by atoms with Crippen molar-refractivity contribution in [2.75, 3.05) is 18.8 Å². The number of carbonyl (C=O) groups is 1. The fraction of sp³-hybridized carbons (Fsp3) is 0.632. The molecule has 27 heavy (non-hydrogen) atoms. The quantitative estimate of drug-likeness (QED) is 0.764. The van der Waals surface area contributed by atoms with E-state index in [2.05, 4.69) is 0 Å². The van der Waals surface area contributed by atoms with Crippen molar-refractivity contribution in [3.8, 4) is 0 Å². The van der Waals surface area contributed by atoms with Gasteiger partial charge in [-0.15, -0.1) is 0 Å². The fourth-order valence-electron chi connectivity index (χ4n) is 4.88. The molecule has 4 rings (SSSR count). The molecule has 1 saturated carbocycles. The first kappa shape index (κ1) is 19.1. The summed E-state index contributed by atoms with van der Waals surface area (Å²) in [4.78, 5) is 14.1. The smallest absolute Gasteiger partial charge is 0.243 e. The van der Waals surface area contributed by atoms with E-state index in [1.165, 1.54) is 4.31 Å². The Labute approximate surface area is 163 Å². The van der Waals surface area contributed by atoms with Crippen LogP contribution in [0, 0.1) is 6.92 Å². The van der Waals surface area contributed by atoms with E-state index in [9.17, 15) is 17.4 Å². The lowest BCUT2D eigenvalue weighted by molar-refractivity contribution is -0.133. The predicted molar refractivity (Wildman–Crippen MR) is 104 cm³/mol. The number of piperidine rings is 1. The van der Waals surface area contributed by atoms with Crippen molar-refractivity contribution in [1.29, 1.82) is 0 Å². The first-order valence-electron chi connectivity index (χ1n) is 9.63. The van der Waals surface area contributed by atoms with Crippen LogP contribution in [0.4, 0.5) is 0 Å². The van der Waals surface area contributed by atoms with Gasteiger partial charge in [-0.3, -0.25) is 9.00 Å². The van der Waals surface area contributed by atoms with E-state index >= 15 is 0 Å². The van der Waals surface area contributed by atoms with Crippen LogP contribution >= 0.6 is 0 Å². The molecule has 1 amide bonds. The molecule has 1 atom stereocenters. The Kier molecular flexibility index (Phi) is 4.93. The number of sulfonamides is 1. The van der Waals surface area contributed by atoms with Crippen molar-refractivity contribution in [3.05, 3.63) is 29.8 Å². The number of hydrogen-bond donors (Lipinski definition) is 0. The summed E-state index contributed by atoms with van der Waals surface area (Å²) in [5.41, 5.74) is 0.727. The molecule has 6 nitrogen and oxygen atoms in total. The van der Waals surface area contributed by atoms with Crippen molar-refractivity contribution < 1.29 is 17.4 Å². The van der Waals surface area contributed by atoms with E-state index in [1.807, 2.05) is 11.0 Å². The van der Waals surface area contributed by atoms with Crippen molar-refractivity contribution >= 4 is 26.7 Å². The summed E-state index contributed by atoms with van der Waals surface area (Å²) in [6.45, 7) is 2.41. The predicted octanol–water partition coefficient (Wildman–Crippen LogP) is 2.01. The van der Waals surface area contributed by atoms with Gasteiger partial charge in [0.05, 0.1) is 15.7 Å². The summed E-state index contributed by atoms with van der Waals surface area (Å²) >= 11 is 0. The Morgan fingerprint density at radius 1 is 1.11 bits per heavy atom. The van der Waals surface area contributed by atoms with Gasteiger partial charge in [0.2, 0.25) is 15.9 Å². The molecule has 3 fully saturated rings. The van der Waals surface area contributed by atoms with Crippen molar-refractivity contribution in [1.82, 2.24) is 9.21 Å². The van der Waals surface area contributed by atoms with E-state index in [4.69, 9.17) is 0 Å². The summed E-state index contributed by atoms with van der Waals surface area (Å²) in [5.74, 6) is 0.0663. The molecule has 0 aromatic heterocycles. The molecular weight excluding hydrogens is 384 g/mol. The molecule has 0 bridgehead atoms. The Morgan fingerprint density at radius 3 is 2.37 bits per heavy atom. The molecular formula is C19H26N2O4S2. The van der Waals surface area contributed by atoms with Gasteiger partial charge >= 0.3 is 0 Å². The second kappa shape index (κ2) is 6.97. The van der Waals surface area contributed by atoms with Gasteiger partial charge in [-0.2, -0.15) is 4.31 Å². The van der Waals surface area contributed by atoms with Gasteiger partial charge in [0.15, 0.2) is 0 Å². The zero-order chi connectivity index (χ0) is 19.2. The first-order chi connectivity index (χ1) is 12.9. The summed E-state index contributed by atoms with van der Waals surface area (Å²) < 4.78 is 40.5. The lowest BCUT2D eigenvalue weighted by atomic mass is 10.0. The number of benzene rings is 1. The van der Waals surface area contributed by atoms with Crippen LogP contribution in [-0.4, -0.2) is 57.5 Å². The van der Waals surface area contributed by atoms with E-state index in [0.29, 0.717) is 30.8 Å². The molecule has 1 aliphatic carbocycles. The average molecular weight is 411 g/mol. The number of rotatable bonds is 3. The normalized spacial score (nSPS) is 26.9. The molecule has 3 aliphatic rings. The number of amides is 1. The van der Waals surface area contributed by atoms with Crippen LogP contribution in [-0.2, 0) is 25.6 Å². The summed E-state index contributed by atoms with van der Waals surface area (Å²) in [5, 5.41) is 0. The van der Waals surface area contributed by atoms with Gasteiger partial charge in [-0.25, -0.2) is 8.42 Å². The minimum absolute atomic E-state index is 0.0181. The summed E-state index contributed by atoms with van der Waals surface area (Å²) in [7, 11) is -4.84. The van der Waals surface area contributed by atoms with Crippen molar-refractivity contribution in [2.45, 2.75) is 61.3 Å². The Balaban J connectivity index is 1.58. The van der Waals surface area contributed by atoms with Crippen LogP contribution in [0.25, 0.3) is 0 Å².